The van der Waals surface area contributed by atoms with E-state index in [0.29, 0.717) is 0 Å². The number of halogens is 1. The van der Waals surface area contributed by atoms with Crippen LogP contribution in [0.2, 0.25) is 0 Å². The molecule has 0 atom stereocenters. The molecule has 0 amide bonds. The summed E-state index contributed by atoms with van der Waals surface area (Å²) in [5.74, 6) is 0. The highest BCUT2D eigenvalue weighted by atomic mass is 35.5. The van der Waals surface area contributed by atoms with Gasteiger partial charge in [-0.05, 0) is 37.3 Å². The number of para-hydroxylation sites is 1. The second-order valence-corrected chi connectivity index (χ2v) is 5.53. The molecule has 0 saturated carbocycles. The fourth-order valence-corrected chi connectivity index (χ4v) is 2.94. The molecule has 0 aliphatic rings. The summed E-state index contributed by atoms with van der Waals surface area (Å²) in [6, 6.07) is 20.8. The summed E-state index contributed by atoms with van der Waals surface area (Å²) in [5.41, 5.74) is 3.36. The third-order valence-electron chi connectivity index (χ3n) is 4.12. The molecule has 4 aromatic rings. The van der Waals surface area contributed by atoms with E-state index in [1.54, 1.807) is 0 Å². The first-order valence-corrected chi connectivity index (χ1v) is 7.88. The minimum Gasteiger partial charge on any atom is -1.00 e. The predicted octanol–water partition coefficient (Wildman–Crippen LogP) is 0.636. The predicted molar refractivity (Wildman–Crippen MR) is 92.4 cm³/mol. The van der Waals surface area contributed by atoms with Crippen LogP contribution >= 0.6 is 0 Å². The summed E-state index contributed by atoms with van der Waals surface area (Å²) in [6.45, 7) is 3.11. The van der Waals surface area contributed by atoms with Crippen molar-refractivity contribution in [2.75, 3.05) is 0 Å². The molecule has 0 unspecified atom stereocenters. The number of hydrogen-bond donors (Lipinski definition) is 0. The van der Waals surface area contributed by atoms with Gasteiger partial charge in [0.25, 0.3) is 0 Å². The van der Waals surface area contributed by atoms with E-state index in [9.17, 15) is 0 Å². The third kappa shape index (κ3) is 2.91. The third-order valence-corrected chi connectivity index (χ3v) is 4.12. The number of aryl methyl sites for hydroxylation is 1. The molecule has 3 nitrogen and oxygen atoms in total. The number of fused-ring (bicyclic) bond motifs is 2. The van der Waals surface area contributed by atoms with E-state index in [0.717, 1.165) is 23.1 Å². The smallest absolute Gasteiger partial charge is 0.214 e. The molecule has 3 aromatic heterocycles. The minimum atomic E-state index is 0. The van der Waals surface area contributed by atoms with Crippen molar-refractivity contribution < 1.29 is 17.0 Å². The molecule has 0 N–H and O–H groups in total. The van der Waals surface area contributed by atoms with Crippen molar-refractivity contribution >= 4 is 22.1 Å². The molecule has 4 heteroatoms. The highest BCUT2D eigenvalue weighted by molar-refractivity contribution is 5.87. The first-order valence-electron chi connectivity index (χ1n) is 7.88. The average molecular weight is 336 g/mol. The van der Waals surface area contributed by atoms with Gasteiger partial charge in [-0.2, -0.15) is 4.57 Å². The van der Waals surface area contributed by atoms with Crippen molar-refractivity contribution in [1.82, 2.24) is 4.40 Å². The van der Waals surface area contributed by atoms with Gasteiger partial charge in [-0.25, -0.2) is 4.99 Å². The Morgan fingerprint density at radius 1 is 0.958 bits per heavy atom. The lowest BCUT2D eigenvalue weighted by molar-refractivity contribution is -0.667. The highest BCUT2D eigenvalue weighted by Crippen LogP contribution is 2.22. The fourth-order valence-electron chi connectivity index (χ4n) is 2.94. The molecule has 0 aliphatic carbocycles. The van der Waals surface area contributed by atoms with Gasteiger partial charge < -0.3 is 16.8 Å². The van der Waals surface area contributed by atoms with Crippen molar-refractivity contribution in [3.8, 4) is 0 Å². The molecule has 4 rings (SSSR count). The first-order chi connectivity index (χ1) is 11.3. The van der Waals surface area contributed by atoms with E-state index in [-0.39, 0.29) is 12.4 Å². The molecular formula is C20H18ClN3. The molecule has 1 aromatic carbocycles. The van der Waals surface area contributed by atoms with E-state index in [2.05, 4.69) is 64.6 Å². The standard InChI is InChI=1S/C20H18N3.ClH/c1-2-22-14-11-19(18-8-3-4-9-20(18)22)21-16-10-13-23-12-6-5-7-17(23)15-16;/h3-15H,2H2,1H3;1H/q+1;/p-1. The summed E-state index contributed by atoms with van der Waals surface area (Å²) in [7, 11) is 0. The van der Waals surface area contributed by atoms with Crippen LogP contribution < -0.4 is 22.3 Å². The largest absolute Gasteiger partial charge is 1.00 e. The topological polar surface area (TPSA) is 20.6 Å². The van der Waals surface area contributed by atoms with Crippen LogP contribution in [0.3, 0.4) is 0 Å². The maximum atomic E-state index is 4.87. The molecule has 0 spiro atoms. The molecule has 120 valence electrons. The number of hydrogen-bond acceptors (Lipinski definition) is 1. The maximum absolute atomic E-state index is 4.87. The van der Waals surface area contributed by atoms with E-state index in [1.165, 1.54) is 10.9 Å². The molecular weight excluding hydrogens is 318 g/mol. The summed E-state index contributed by atoms with van der Waals surface area (Å²) in [5, 5.41) is 2.15. The van der Waals surface area contributed by atoms with Crippen LogP contribution in [0.15, 0.2) is 84.2 Å². The lowest BCUT2D eigenvalue weighted by Crippen LogP contribution is -3.00. The van der Waals surface area contributed by atoms with E-state index in [4.69, 9.17) is 4.99 Å². The van der Waals surface area contributed by atoms with Gasteiger partial charge in [0.05, 0.1) is 16.4 Å². The van der Waals surface area contributed by atoms with Gasteiger partial charge in [-0.15, -0.1) is 0 Å². The van der Waals surface area contributed by atoms with E-state index < -0.39 is 0 Å². The van der Waals surface area contributed by atoms with Gasteiger partial charge in [0.1, 0.15) is 6.54 Å². The zero-order chi connectivity index (χ0) is 15.6. The quantitative estimate of drug-likeness (QED) is 0.479. The number of aromatic nitrogens is 2. The zero-order valence-corrected chi connectivity index (χ0v) is 14.2. The van der Waals surface area contributed by atoms with Crippen LogP contribution in [-0.2, 0) is 6.54 Å². The summed E-state index contributed by atoms with van der Waals surface area (Å²) >= 11 is 0. The Balaban J connectivity index is 0.00000169. The van der Waals surface area contributed by atoms with Crippen LogP contribution in [0.25, 0.3) is 16.4 Å². The van der Waals surface area contributed by atoms with Gasteiger partial charge >= 0.3 is 0 Å². The van der Waals surface area contributed by atoms with Crippen LogP contribution in [-0.4, -0.2) is 4.40 Å². The second-order valence-electron chi connectivity index (χ2n) is 5.53. The Kier molecular flexibility index (Phi) is 4.63. The normalized spacial score (nSPS) is 11.6. The van der Waals surface area contributed by atoms with E-state index >= 15 is 0 Å². The van der Waals surface area contributed by atoms with Crippen LogP contribution in [0.1, 0.15) is 6.92 Å². The molecule has 0 fully saturated rings. The second kappa shape index (κ2) is 6.85. The van der Waals surface area contributed by atoms with Gasteiger partial charge in [0.15, 0.2) is 6.20 Å². The Hall–Kier alpha value is -2.65. The number of pyridine rings is 3. The fraction of sp³-hybridized carbons (Fsp3) is 0.100. The number of nitrogens with zero attached hydrogens (tertiary/aromatic N) is 3. The maximum Gasteiger partial charge on any atom is 0.214 e. The van der Waals surface area contributed by atoms with Crippen LogP contribution in [0.5, 0.6) is 0 Å². The minimum absolute atomic E-state index is 0. The van der Waals surface area contributed by atoms with Crippen molar-refractivity contribution in [2.45, 2.75) is 13.5 Å². The zero-order valence-electron chi connectivity index (χ0n) is 13.4. The highest BCUT2D eigenvalue weighted by Gasteiger charge is 2.09. The molecule has 24 heavy (non-hydrogen) atoms. The van der Waals surface area contributed by atoms with Crippen molar-refractivity contribution in [3.63, 3.8) is 0 Å². The van der Waals surface area contributed by atoms with Crippen molar-refractivity contribution in [1.29, 1.82) is 0 Å². The SMILES string of the molecule is CC[n+]1ccc(/N=c2/ccn3ccccc3c2)c2ccccc21.[Cl-]. The van der Waals surface area contributed by atoms with E-state index in [1.807, 2.05) is 30.6 Å². The lowest BCUT2D eigenvalue weighted by atomic mass is 10.2. The van der Waals surface area contributed by atoms with Crippen molar-refractivity contribution in [3.05, 3.63) is 84.6 Å². The molecule has 0 radical (unpaired) electrons. The Morgan fingerprint density at radius 2 is 1.79 bits per heavy atom. The summed E-state index contributed by atoms with van der Waals surface area (Å²) in [4.78, 5) is 4.87. The van der Waals surface area contributed by atoms with Gasteiger partial charge in [-0.1, -0.05) is 18.2 Å². The monoisotopic (exact) mass is 335 g/mol. The number of benzene rings is 1. The summed E-state index contributed by atoms with van der Waals surface area (Å²) in [6.07, 6.45) is 6.20. The average Bonchev–Trinajstić information content (AvgIpc) is 2.62. The van der Waals surface area contributed by atoms with Gasteiger partial charge in [0, 0.05) is 30.0 Å². The molecule has 0 aliphatic heterocycles. The Bertz CT molecular complexity index is 1070. The van der Waals surface area contributed by atoms with Crippen LogP contribution in [0, 0.1) is 0 Å². The van der Waals surface area contributed by atoms with Gasteiger partial charge in [-0.3, -0.25) is 0 Å². The first kappa shape index (κ1) is 16.2. The lowest BCUT2D eigenvalue weighted by Gasteiger charge is -2.03. The summed E-state index contributed by atoms with van der Waals surface area (Å²) < 4.78 is 4.33. The number of rotatable bonds is 2. The Labute approximate surface area is 147 Å². The molecule has 0 bridgehead atoms. The molecule has 0 saturated heterocycles. The Morgan fingerprint density at radius 3 is 2.67 bits per heavy atom. The van der Waals surface area contributed by atoms with Crippen molar-refractivity contribution in [2.24, 2.45) is 4.99 Å². The molecule has 3 heterocycles. The van der Waals surface area contributed by atoms with Crippen LogP contribution in [0.4, 0.5) is 5.69 Å². The van der Waals surface area contributed by atoms with Gasteiger partial charge in [0.2, 0.25) is 5.52 Å².